The molecular formula is C19H19N. The van der Waals surface area contributed by atoms with Crippen LogP contribution in [0.15, 0.2) is 42.5 Å². The van der Waals surface area contributed by atoms with E-state index in [1.165, 1.54) is 33.2 Å². The number of aromatic nitrogens is 1. The van der Waals surface area contributed by atoms with Gasteiger partial charge in [0.25, 0.3) is 0 Å². The summed E-state index contributed by atoms with van der Waals surface area (Å²) in [5.41, 5.74) is 8.52. The summed E-state index contributed by atoms with van der Waals surface area (Å²) in [6.45, 7) is 8.57. The molecule has 0 N–H and O–H groups in total. The lowest BCUT2D eigenvalue weighted by Gasteiger charge is -2.09. The van der Waals surface area contributed by atoms with Crippen LogP contribution in [0.1, 0.15) is 22.3 Å². The van der Waals surface area contributed by atoms with Crippen molar-refractivity contribution in [3.05, 3.63) is 64.7 Å². The molecule has 0 aliphatic rings. The Morgan fingerprint density at radius 1 is 0.750 bits per heavy atom. The Bertz CT molecular complexity index is 780. The maximum Gasteiger partial charge on any atom is 0.0712 e. The van der Waals surface area contributed by atoms with Crippen LogP contribution in [0.5, 0.6) is 0 Å². The molecule has 3 rings (SSSR count). The SMILES string of the molecule is Cc1cc(C)cc(-c2ccc3c(C)c(C)ccc3n2)c1. The van der Waals surface area contributed by atoms with Gasteiger partial charge in [0.05, 0.1) is 11.2 Å². The van der Waals surface area contributed by atoms with Gasteiger partial charge in [-0.05, 0) is 63.1 Å². The first kappa shape index (κ1) is 12.9. The topological polar surface area (TPSA) is 12.9 Å². The van der Waals surface area contributed by atoms with E-state index in [0.717, 1.165) is 11.2 Å². The van der Waals surface area contributed by atoms with Crippen molar-refractivity contribution in [2.75, 3.05) is 0 Å². The highest BCUT2D eigenvalue weighted by atomic mass is 14.7. The third-order valence-corrected chi connectivity index (χ3v) is 3.93. The van der Waals surface area contributed by atoms with E-state index >= 15 is 0 Å². The summed E-state index contributed by atoms with van der Waals surface area (Å²) in [5, 5.41) is 1.25. The van der Waals surface area contributed by atoms with E-state index in [2.05, 4.69) is 70.2 Å². The maximum atomic E-state index is 4.83. The average molecular weight is 261 g/mol. The molecule has 1 nitrogen and oxygen atoms in total. The standard InChI is InChI=1S/C19H19N/c1-12-9-13(2)11-16(10-12)18-8-6-17-15(4)14(3)5-7-19(17)20-18/h5-11H,1-4H3. The highest BCUT2D eigenvalue weighted by molar-refractivity contribution is 5.85. The molecule has 1 heterocycles. The molecule has 0 saturated heterocycles. The van der Waals surface area contributed by atoms with Crippen molar-refractivity contribution in [3.8, 4) is 11.3 Å². The number of hydrogen-bond acceptors (Lipinski definition) is 1. The number of fused-ring (bicyclic) bond motifs is 1. The Labute approximate surface area is 120 Å². The molecule has 3 aromatic rings. The third-order valence-electron chi connectivity index (χ3n) is 3.93. The van der Waals surface area contributed by atoms with Gasteiger partial charge in [-0.1, -0.05) is 29.3 Å². The summed E-state index contributed by atoms with van der Waals surface area (Å²) >= 11 is 0. The fourth-order valence-corrected chi connectivity index (χ4v) is 2.74. The third kappa shape index (κ3) is 2.20. The van der Waals surface area contributed by atoms with Crippen molar-refractivity contribution < 1.29 is 0 Å². The van der Waals surface area contributed by atoms with E-state index in [1.807, 2.05) is 0 Å². The van der Waals surface area contributed by atoms with Crippen molar-refractivity contribution in [2.24, 2.45) is 0 Å². The van der Waals surface area contributed by atoms with Crippen LogP contribution >= 0.6 is 0 Å². The molecule has 0 aliphatic carbocycles. The first-order valence-corrected chi connectivity index (χ1v) is 7.00. The quantitative estimate of drug-likeness (QED) is 0.591. The van der Waals surface area contributed by atoms with Gasteiger partial charge >= 0.3 is 0 Å². The van der Waals surface area contributed by atoms with Gasteiger partial charge in [-0.3, -0.25) is 0 Å². The van der Waals surface area contributed by atoms with E-state index in [-0.39, 0.29) is 0 Å². The molecule has 0 spiro atoms. The Morgan fingerprint density at radius 3 is 2.15 bits per heavy atom. The summed E-state index contributed by atoms with van der Waals surface area (Å²) in [6.07, 6.45) is 0. The van der Waals surface area contributed by atoms with Crippen molar-refractivity contribution in [2.45, 2.75) is 27.7 Å². The van der Waals surface area contributed by atoms with Crippen molar-refractivity contribution >= 4 is 10.9 Å². The van der Waals surface area contributed by atoms with E-state index in [9.17, 15) is 0 Å². The van der Waals surface area contributed by atoms with Crippen LogP contribution < -0.4 is 0 Å². The monoisotopic (exact) mass is 261 g/mol. The number of nitrogens with zero attached hydrogens (tertiary/aromatic N) is 1. The largest absolute Gasteiger partial charge is 0.248 e. The molecule has 0 radical (unpaired) electrons. The molecule has 0 saturated carbocycles. The second-order valence-electron chi connectivity index (χ2n) is 5.65. The first-order valence-electron chi connectivity index (χ1n) is 7.00. The van der Waals surface area contributed by atoms with Gasteiger partial charge in [0.2, 0.25) is 0 Å². The van der Waals surface area contributed by atoms with Crippen LogP contribution in [0.25, 0.3) is 22.2 Å². The Morgan fingerprint density at radius 2 is 1.45 bits per heavy atom. The van der Waals surface area contributed by atoms with Crippen molar-refractivity contribution in [3.63, 3.8) is 0 Å². The predicted octanol–water partition coefficient (Wildman–Crippen LogP) is 5.14. The molecule has 0 aliphatic heterocycles. The van der Waals surface area contributed by atoms with E-state index in [1.54, 1.807) is 0 Å². The molecular weight excluding hydrogens is 242 g/mol. The highest BCUT2D eigenvalue weighted by Crippen LogP contribution is 2.25. The fourth-order valence-electron chi connectivity index (χ4n) is 2.74. The van der Waals surface area contributed by atoms with E-state index in [4.69, 9.17) is 4.98 Å². The zero-order valence-corrected chi connectivity index (χ0v) is 12.5. The minimum absolute atomic E-state index is 1.05. The van der Waals surface area contributed by atoms with Crippen LogP contribution in [0.3, 0.4) is 0 Å². The summed E-state index contributed by atoms with van der Waals surface area (Å²) in [4.78, 5) is 4.83. The van der Waals surface area contributed by atoms with Crippen LogP contribution in [-0.4, -0.2) is 4.98 Å². The smallest absolute Gasteiger partial charge is 0.0712 e. The Kier molecular flexibility index (Phi) is 3.06. The molecule has 0 amide bonds. The number of hydrogen-bond donors (Lipinski definition) is 0. The van der Waals surface area contributed by atoms with Gasteiger partial charge in [0, 0.05) is 10.9 Å². The Hall–Kier alpha value is -2.15. The minimum Gasteiger partial charge on any atom is -0.248 e. The average Bonchev–Trinajstić information content (AvgIpc) is 2.41. The van der Waals surface area contributed by atoms with E-state index in [0.29, 0.717) is 0 Å². The zero-order chi connectivity index (χ0) is 14.3. The fraction of sp³-hybridized carbons (Fsp3) is 0.211. The molecule has 0 bridgehead atoms. The van der Waals surface area contributed by atoms with Crippen molar-refractivity contribution in [1.29, 1.82) is 0 Å². The lowest BCUT2D eigenvalue weighted by atomic mass is 10.0. The Balaban J connectivity index is 2.20. The van der Waals surface area contributed by atoms with Gasteiger partial charge in [-0.2, -0.15) is 0 Å². The summed E-state index contributed by atoms with van der Waals surface area (Å²) in [5.74, 6) is 0. The second-order valence-corrected chi connectivity index (χ2v) is 5.65. The van der Waals surface area contributed by atoms with Crippen molar-refractivity contribution in [1.82, 2.24) is 4.98 Å². The minimum atomic E-state index is 1.05. The van der Waals surface area contributed by atoms with Crippen LogP contribution in [0, 0.1) is 27.7 Å². The van der Waals surface area contributed by atoms with Crippen LogP contribution in [0.2, 0.25) is 0 Å². The summed E-state index contributed by atoms with van der Waals surface area (Å²) < 4.78 is 0. The number of aryl methyl sites for hydroxylation is 4. The number of rotatable bonds is 1. The maximum absolute atomic E-state index is 4.83. The zero-order valence-electron chi connectivity index (χ0n) is 12.5. The first-order chi connectivity index (χ1) is 9.54. The molecule has 2 aromatic carbocycles. The number of benzene rings is 2. The molecule has 0 unspecified atom stereocenters. The number of pyridine rings is 1. The molecule has 1 heteroatoms. The highest BCUT2D eigenvalue weighted by Gasteiger charge is 2.05. The summed E-state index contributed by atoms with van der Waals surface area (Å²) in [6, 6.07) is 15.2. The van der Waals surface area contributed by atoms with Crippen LogP contribution in [-0.2, 0) is 0 Å². The van der Waals surface area contributed by atoms with Gasteiger partial charge in [-0.15, -0.1) is 0 Å². The van der Waals surface area contributed by atoms with Crippen LogP contribution in [0.4, 0.5) is 0 Å². The lowest BCUT2D eigenvalue weighted by Crippen LogP contribution is -1.90. The predicted molar refractivity (Wildman–Crippen MR) is 86.1 cm³/mol. The van der Waals surface area contributed by atoms with Gasteiger partial charge in [0.15, 0.2) is 0 Å². The summed E-state index contributed by atoms with van der Waals surface area (Å²) in [7, 11) is 0. The molecule has 0 atom stereocenters. The normalized spacial score (nSPS) is 11.0. The van der Waals surface area contributed by atoms with E-state index < -0.39 is 0 Å². The van der Waals surface area contributed by atoms with Gasteiger partial charge in [0.1, 0.15) is 0 Å². The van der Waals surface area contributed by atoms with Gasteiger partial charge in [-0.25, -0.2) is 4.98 Å². The van der Waals surface area contributed by atoms with Gasteiger partial charge < -0.3 is 0 Å². The lowest BCUT2D eigenvalue weighted by molar-refractivity contribution is 1.32. The molecule has 100 valence electrons. The second kappa shape index (κ2) is 4.75. The molecule has 0 fully saturated rings. The molecule has 20 heavy (non-hydrogen) atoms. The molecule has 1 aromatic heterocycles.